The van der Waals surface area contributed by atoms with Gasteiger partial charge >= 0.3 is 0 Å². The van der Waals surface area contributed by atoms with Crippen LogP contribution in [-0.2, 0) is 10.2 Å². The fourth-order valence-corrected chi connectivity index (χ4v) is 4.91. The van der Waals surface area contributed by atoms with Gasteiger partial charge in [-0.3, -0.25) is 9.59 Å². The lowest BCUT2D eigenvalue weighted by Gasteiger charge is -2.21. The number of amides is 2. The molecule has 2 aliphatic rings. The Labute approximate surface area is 220 Å². The third kappa shape index (κ3) is 4.91. The number of hydrogen-bond acceptors (Lipinski definition) is 5. The van der Waals surface area contributed by atoms with Crippen molar-refractivity contribution in [3.8, 4) is 22.6 Å². The second-order valence-electron chi connectivity index (χ2n) is 9.73. The fourth-order valence-electron chi connectivity index (χ4n) is 4.91. The molecular formula is C30H36N2O5. The molecule has 0 aromatic heterocycles. The molecule has 1 aliphatic heterocycles. The number of benzene rings is 3. The molecule has 1 fully saturated rings. The van der Waals surface area contributed by atoms with Crippen LogP contribution in [0.15, 0.2) is 60.7 Å². The zero-order valence-corrected chi connectivity index (χ0v) is 21.3. The minimum absolute atomic E-state index is 0. The third-order valence-corrected chi connectivity index (χ3v) is 7.20. The van der Waals surface area contributed by atoms with Gasteiger partial charge < -0.3 is 24.8 Å². The van der Waals surface area contributed by atoms with Crippen molar-refractivity contribution in [2.75, 3.05) is 31.8 Å². The van der Waals surface area contributed by atoms with Gasteiger partial charge in [-0.05, 0) is 84.8 Å². The minimum atomic E-state index is -0.549. The Hall–Kier alpha value is -3.84. The van der Waals surface area contributed by atoms with E-state index in [1.54, 1.807) is 4.90 Å². The van der Waals surface area contributed by atoms with E-state index in [0.717, 1.165) is 47.2 Å². The first-order valence-electron chi connectivity index (χ1n) is 12.8. The van der Waals surface area contributed by atoms with Crippen molar-refractivity contribution in [3.05, 3.63) is 77.4 Å². The van der Waals surface area contributed by atoms with Crippen LogP contribution in [0.2, 0.25) is 0 Å². The monoisotopic (exact) mass is 504 g/mol. The Balaban J connectivity index is 0.00000210. The molecule has 7 nitrogen and oxygen atoms in total. The van der Waals surface area contributed by atoms with Gasteiger partial charge in [-0.2, -0.15) is 0 Å². The van der Waals surface area contributed by atoms with Crippen LogP contribution in [0.3, 0.4) is 0 Å². The summed E-state index contributed by atoms with van der Waals surface area (Å²) in [6.07, 6.45) is 2.41. The van der Waals surface area contributed by atoms with E-state index in [0.29, 0.717) is 30.2 Å². The van der Waals surface area contributed by atoms with E-state index in [2.05, 4.69) is 5.32 Å². The molecule has 1 heterocycles. The zero-order chi connectivity index (χ0) is 26.0. The number of hydrogen-bond donors (Lipinski definition) is 2. The zero-order valence-electron chi connectivity index (χ0n) is 21.3. The summed E-state index contributed by atoms with van der Waals surface area (Å²) in [6.45, 7) is 5.11. The van der Waals surface area contributed by atoms with Crippen molar-refractivity contribution >= 4 is 17.5 Å². The maximum absolute atomic E-state index is 13.4. The Morgan fingerprint density at radius 1 is 1.00 bits per heavy atom. The van der Waals surface area contributed by atoms with Crippen LogP contribution in [0.4, 0.5) is 5.69 Å². The number of ether oxygens (including phenoxy) is 2. The van der Waals surface area contributed by atoms with Crippen LogP contribution >= 0.6 is 0 Å². The summed E-state index contributed by atoms with van der Waals surface area (Å²) in [6, 6.07) is 19.1. The summed E-state index contributed by atoms with van der Waals surface area (Å²) in [7, 11) is 0. The molecule has 2 N–H and O–H groups in total. The summed E-state index contributed by atoms with van der Waals surface area (Å²) in [5.74, 6) is 1.29. The van der Waals surface area contributed by atoms with Crippen molar-refractivity contribution < 1.29 is 27.0 Å². The molecule has 0 bridgehead atoms. The van der Waals surface area contributed by atoms with Crippen LogP contribution in [-0.4, -0.2) is 48.3 Å². The first-order valence-corrected chi connectivity index (χ1v) is 12.8. The van der Waals surface area contributed by atoms with E-state index in [-0.39, 0.29) is 28.1 Å². The van der Waals surface area contributed by atoms with Crippen molar-refractivity contribution in [2.24, 2.45) is 0 Å². The Kier molecular flexibility index (Phi) is 6.89. The standard InChI is InChI=1S/C30H32N2O5.2H2/c1-3-14-32(15-16-33)28(34)22-7-5-21(6-8-22)25-18-24(10-4-20(25)2)31-29(35)30(12-13-30)23-9-11-26-27(17-23)37-19-36-26;;/h4-11,17-18,33H,3,12-16,19H2,1-2H3,(H,31,35);2*1H. The van der Waals surface area contributed by atoms with Gasteiger partial charge in [0.15, 0.2) is 11.5 Å². The smallest absolute Gasteiger partial charge is 0.253 e. The Bertz CT molecular complexity index is 1320. The summed E-state index contributed by atoms with van der Waals surface area (Å²) < 4.78 is 10.9. The number of aliphatic hydroxyl groups excluding tert-OH is 1. The normalized spacial score (nSPS) is 14.8. The lowest BCUT2D eigenvalue weighted by atomic mass is 9.94. The first-order chi connectivity index (χ1) is 17.9. The third-order valence-electron chi connectivity index (χ3n) is 7.20. The molecule has 1 saturated carbocycles. The number of anilines is 1. The van der Waals surface area contributed by atoms with E-state index in [1.807, 2.05) is 74.5 Å². The van der Waals surface area contributed by atoms with Gasteiger partial charge in [0, 0.05) is 27.2 Å². The van der Waals surface area contributed by atoms with Crippen LogP contribution in [0.25, 0.3) is 11.1 Å². The molecule has 2 amide bonds. The highest BCUT2D eigenvalue weighted by Gasteiger charge is 2.51. The van der Waals surface area contributed by atoms with Crippen LogP contribution in [0.5, 0.6) is 11.5 Å². The SMILES string of the molecule is CCCN(CCO)C(=O)c1ccc(-c2cc(NC(=O)C3(c4ccc5c(c4)OCO5)CC3)ccc2C)cc1.[HH].[HH]. The largest absolute Gasteiger partial charge is 0.454 e. The molecule has 7 heteroatoms. The lowest BCUT2D eigenvalue weighted by Crippen LogP contribution is -2.34. The summed E-state index contributed by atoms with van der Waals surface area (Å²) in [4.78, 5) is 27.9. The van der Waals surface area contributed by atoms with Gasteiger partial charge in [-0.15, -0.1) is 0 Å². The molecule has 0 saturated heterocycles. The Morgan fingerprint density at radius 3 is 2.46 bits per heavy atom. The van der Waals surface area contributed by atoms with Crippen molar-refractivity contribution in [1.29, 1.82) is 0 Å². The van der Waals surface area contributed by atoms with Crippen molar-refractivity contribution in [1.82, 2.24) is 4.90 Å². The highest BCUT2D eigenvalue weighted by molar-refractivity contribution is 6.02. The Morgan fingerprint density at radius 2 is 1.76 bits per heavy atom. The van der Waals surface area contributed by atoms with E-state index < -0.39 is 5.41 Å². The average Bonchev–Trinajstić information content (AvgIpc) is 3.60. The number of carbonyl (C=O) groups is 2. The molecule has 0 spiro atoms. The van der Waals surface area contributed by atoms with Crippen molar-refractivity contribution in [3.63, 3.8) is 0 Å². The fraction of sp³-hybridized carbons (Fsp3) is 0.333. The number of aliphatic hydroxyl groups is 1. The summed E-state index contributed by atoms with van der Waals surface area (Å²) in [5.41, 5.74) is 4.74. The second-order valence-corrected chi connectivity index (χ2v) is 9.73. The molecule has 196 valence electrons. The number of fused-ring (bicyclic) bond motifs is 1. The molecule has 0 atom stereocenters. The highest BCUT2D eigenvalue weighted by Crippen LogP contribution is 2.51. The van der Waals surface area contributed by atoms with Crippen molar-refractivity contribution in [2.45, 2.75) is 38.5 Å². The van der Waals surface area contributed by atoms with Crippen LogP contribution < -0.4 is 14.8 Å². The number of nitrogens with zero attached hydrogens (tertiary/aromatic N) is 1. The van der Waals surface area contributed by atoms with Crippen LogP contribution in [0.1, 0.15) is 50.5 Å². The molecule has 5 rings (SSSR count). The predicted octanol–water partition coefficient (Wildman–Crippen LogP) is 5.40. The molecular weight excluding hydrogens is 468 g/mol. The van der Waals surface area contributed by atoms with E-state index >= 15 is 0 Å². The van der Waals surface area contributed by atoms with Gasteiger partial charge in [-0.1, -0.05) is 31.2 Å². The molecule has 0 unspecified atom stereocenters. The van der Waals surface area contributed by atoms with Gasteiger partial charge in [0.05, 0.1) is 12.0 Å². The maximum atomic E-state index is 13.4. The highest BCUT2D eigenvalue weighted by atomic mass is 16.7. The average molecular weight is 505 g/mol. The molecule has 37 heavy (non-hydrogen) atoms. The molecule has 0 radical (unpaired) electrons. The van der Waals surface area contributed by atoms with E-state index in [4.69, 9.17) is 9.47 Å². The summed E-state index contributed by atoms with van der Waals surface area (Å²) in [5, 5.41) is 12.4. The van der Waals surface area contributed by atoms with Gasteiger partial charge in [-0.25, -0.2) is 0 Å². The first kappa shape index (κ1) is 24.8. The molecule has 1 aliphatic carbocycles. The number of nitrogens with one attached hydrogen (secondary N) is 1. The number of aryl methyl sites for hydroxylation is 1. The van der Waals surface area contributed by atoms with Crippen LogP contribution in [0, 0.1) is 6.92 Å². The minimum Gasteiger partial charge on any atom is -0.454 e. The lowest BCUT2D eigenvalue weighted by molar-refractivity contribution is -0.118. The predicted molar refractivity (Wildman–Crippen MR) is 146 cm³/mol. The second kappa shape index (κ2) is 10.3. The van der Waals surface area contributed by atoms with Gasteiger partial charge in [0.2, 0.25) is 12.7 Å². The topological polar surface area (TPSA) is 88.1 Å². The van der Waals surface area contributed by atoms with E-state index in [9.17, 15) is 14.7 Å². The van der Waals surface area contributed by atoms with Gasteiger partial charge in [0.25, 0.3) is 5.91 Å². The van der Waals surface area contributed by atoms with Gasteiger partial charge in [0.1, 0.15) is 0 Å². The number of rotatable bonds is 9. The molecule has 3 aromatic rings. The molecule has 3 aromatic carbocycles. The quantitative estimate of drug-likeness (QED) is 0.408. The van der Waals surface area contributed by atoms with E-state index in [1.165, 1.54) is 0 Å². The summed E-state index contributed by atoms with van der Waals surface area (Å²) >= 11 is 0. The maximum Gasteiger partial charge on any atom is 0.253 e. The number of carbonyl (C=O) groups excluding carboxylic acids is 2.